The smallest absolute Gasteiger partial charge is 0.337 e. The number of nitrogens with zero attached hydrogens (tertiary/aromatic N) is 1. The summed E-state index contributed by atoms with van der Waals surface area (Å²) in [4.78, 5) is 11.4. The lowest BCUT2D eigenvalue weighted by Crippen LogP contribution is -2.15. The summed E-state index contributed by atoms with van der Waals surface area (Å²) in [7, 11) is 1.38. The SMILES string of the molecule is COC(=O)c1ccc(Cn2ccc(C(N)C(C)C)c2)cc1. The standard InChI is InChI=1S/C17H22N2O2/c1-12(2)16(18)15-8-9-19(11-15)10-13-4-6-14(7-5-13)17(20)21-3/h4-9,11-12,16H,10,18H2,1-3H3. The molecule has 0 bridgehead atoms. The molecule has 0 fully saturated rings. The molecule has 0 radical (unpaired) electrons. The first-order valence-electron chi connectivity index (χ1n) is 7.09. The molecule has 4 nitrogen and oxygen atoms in total. The zero-order chi connectivity index (χ0) is 15.4. The lowest BCUT2D eigenvalue weighted by molar-refractivity contribution is 0.0600. The maximum atomic E-state index is 11.4. The van der Waals surface area contributed by atoms with Crippen LogP contribution >= 0.6 is 0 Å². The summed E-state index contributed by atoms with van der Waals surface area (Å²) in [5, 5.41) is 0. The maximum absolute atomic E-state index is 11.4. The first-order chi connectivity index (χ1) is 10.0. The van der Waals surface area contributed by atoms with E-state index in [9.17, 15) is 4.79 Å². The molecule has 0 saturated carbocycles. The van der Waals surface area contributed by atoms with Crippen molar-refractivity contribution in [3.05, 3.63) is 59.4 Å². The Labute approximate surface area is 125 Å². The summed E-state index contributed by atoms with van der Waals surface area (Å²) in [5.74, 6) is 0.105. The Kier molecular flexibility index (Phi) is 4.81. The van der Waals surface area contributed by atoms with Crippen molar-refractivity contribution in [2.24, 2.45) is 11.7 Å². The second kappa shape index (κ2) is 6.59. The van der Waals surface area contributed by atoms with Crippen LogP contribution in [0, 0.1) is 5.92 Å². The number of hydrogen-bond acceptors (Lipinski definition) is 3. The number of carbonyl (C=O) groups excluding carboxylic acids is 1. The molecule has 1 atom stereocenters. The molecule has 2 aromatic rings. The van der Waals surface area contributed by atoms with Crippen LogP contribution in [0.1, 0.15) is 41.4 Å². The van der Waals surface area contributed by atoms with Crippen molar-refractivity contribution in [3.8, 4) is 0 Å². The van der Waals surface area contributed by atoms with Crippen molar-refractivity contribution in [2.45, 2.75) is 26.4 Å². The van der Waals surface area contributed by atoms with Gasteiger partial charge in [-0.05, 0) is 35.2 Å². The quantitative estimate of drug-likeness (QED) is 0.860. The van der Waals surface area contributed by atoms with Crippen molar-refractivity contribution < 1.29 is 9.53 Å². The van der Waals surface area contributed by atoms with Gasteiger partial charge in [0.1, 0.15) is 0 Å². The highest BCUT2D eigenvalue weighted by Gasteiger charge is 2.11. The highest BCUT2D eigenvalue weighted by Crippen LogP contribution is 2.19. The van der Waals surface area contributed by atoms with E-state index in [1.54, 1.807) is 12.1 Å². The van der Waals surface area contributed by atoms with Crippen molar-refractivity contribution in [1.29, 1.82) is 0 Å². The molecule has 1 unspecified atom stereocenters. The minimum absolute atomic E-state index is 0.0629. The van der Waals surface area contributed by atoms with Gasteiger partial charge in [0.15, 0.2) is 0 Å². The van der Waals surface area contributed by atoms with Crippen LogP contribution in [0.4, 0.5) is 0 Å². The number of aromatic nitrogens is 1. The van der Waals surface area contributed by atoms with Gasteiger partial charge in [0.05, 0.1) is 12.7 Å². The molecular formula is C17H22N2O2. The zero-order valence-electron chi connectivity index (χ0n) is 12.7. The van der Waals surface area contributed by atoms with Crippen LogP contribution in [0.3, 0.4) is 0 Å². The molecule has 1 heterocycles. The molecule has 21 heavy (non-hydrogen) atoms. The second-order valence-electron chi connectivity index (χ2n) is 5.58. The number of ether oxygens (including phenoxy) is 1. The molecule has 0 aliphatic rings. The van der Waals surface area contributed by atoms with E-state index in [1.165, 1.54) is 7.11 Å². The van der Waals surface area contributed by atoms with Crippen LogP contribution in [0.5, 0.6) is 0 Å². The van der Waals surface area contributed by atoms with Crippen LogP contribution in [0.25, 0.3) is 0 Å². The first-order valence-corrected chi connectivity index (χ1v) is 7.09. The van der Waals surface area contributed by atoms with E-state index in [0.717, 1.165) is 17.7 Å². The molecule has 0 saturated heterocycles. The van der Waals surface area contributed by atoms with E-state index >= 15 is 0 Å². The third-order valence-corrected chi connectivity index (χ3v) is 3.62. The van der Waals surface area contributed by atoms with Crippen molar-refractivity contribution in [3.63, 3.8) is 0 Å². The molecule has 2 N–H and O–H groups in total. The third kappa shape index (κ3) is 3.73. The molecule has 0 aliphatic carbocycles. The number of hydrogen-bond donors (Lipinski definition) is 1. The summed E-state index contributed by atoms with van der Waals surface area (Å²) in [6.07, 6.45) is 4.12. The average Bonchev–Trinajstić information content (AvgIpc) is 2.94. The first kappa shape index (κ1) is 15.3. The fourth-order valence-corrected chi connectivity index (χ4v) is 2.21. The average molecular weight is 286 g/mol. The van der Waals surface area contributed by atoms with E-state index < -0.39 is 0 Å². The Hall–Kier alpha value is -2.07. The van der Waals surface area contributed by atoms with Crippen molar-refractivity contribution in [1.82, 2.24) is 4.57 Å². The fraction of sp³-hybridized carbons (Fsp3) is 0.353. The van der Waals surface area contributed by atoms with Gasteiger partial charge in [-0.15, -0.1) is 0 Å². The number of rotatable bonds is 5. The topological polar surface area (TPSA) is 57.2 Å². The van der Waals surface area contributed by atoms with Gasteiger partial charge < -0.3 is 15.0 Å². The van der Waals surface area contributed by atoms with Gasteiger partial charge >= 0.3 is 5.97 Å². The number of benzene rings is 1. The highest BCUT2D eigenvalue weighted by molar-refractivity contribution is 5.89. The Morgan fingerprint density at radius 1 is 1.24 bits per heavy atom. The lowest BCUT2D eigenvalue weighted by Gasteiger charge is -2.13. The van der Waals surface area contributed by atoms with Gasteiger partial charge in [-0.1, -0.05) is 26.0 Å². The van der Waals surface area contributed by atoms with Crippen molar-refractivity contribution in [2.75, 3.05) is 7.11 Å². The van der Waals surface area contributed by atoms with Crippen LogP contribution in [0.2, 0.25) is 0 Å². The van der Waals surface area contributed by atoms with Gasteiger partial charge in [0, 0.05) is 25.0 Å². The van der Waals surface area contributed by atoms with E-state index in [1.807, 2.05) is 18.3 Å². The lowest BCUT2D eigenvalue weighted by atomic mass is 10.00. The van der Waals surface area contributed by atoms with Gasteiger partial charge in [-0.3, -0.25) is 0 Å². The zero-order valence-corrected chi connectivity index (χ0v) is 12.7. The highest BCUT2D eigenvalue weighted by atomic mass is 16.5. The summed E-state index contributed by atoms with van der Waals surface area (Å²) >= 11 is 0. The van der Waals surface area contributed by atoms with Gasteiger partial charge in [0.2, 0.25) is 0 Å². The third-order valence-electron chi connectivity index (χ3n) is 3.62. The van der Waals surface area contributed by atoms with Crippen molar-refractivity contribution >= 4 is 5.97 Å². The van der Waals surface area contributed by atoms with Crippen LogP contribution < -0.4 is 5.73 Å². The summed E-state index contributed by atoms with van der Waals surface area (Å²) < 4.78 is 6.79. The summed E-state index contributed by atoms with van der Waals surface area (Å²) in [5.41, 5.74) is 8.99. The number of nitrogens with two attached hydrogens (primary N) is 1. The molecule has 112 valence electrons. The molecule has 2 rings (SSSR count). The summed E-state index contributed by atoms with van der Waals surface area (Å²) in [6.45, 7) is 4.99. The summed E-state index contributed by atoms with van der Waals surface area (Å²) in [6, 6.07) is 9.57. The Bertz CT molecular complexity index is 600. The normalized spacial score (nSPS) is 12.4. The van der Waals surface area contributed by atoms with Gasteiger partial charge in [-0.25, -0.2) is 4.79 Å². The maximum Gasteiger partial charge on any atom is 0.337 e. The Morgan fingerprint density at radius 3 is 2.48 bits per heavy atom. The van der Waals surface area contributed by atoms with Crippen LogP contribution in [-0.4, -0.2) is 17.6 Å². The number of esters is 1. The Morgan fingerprint density at radius 2 is 1.90 bits per heavy atom. The van der Waals surface area contributed by atoms with Crippen LogP contribution in [0.15, 0.2) is 42.7 Å². The van der Waals surface area contributed by atoms with E-state index in [4.69, 9.17) is 5.73 Å². The molecule has 0 amide bonds. The Balaban J connectivity index is 2.07. The monoisotopic (exact) mass is 286 g/mol. The second-order valence-corrected chi connectivity index (χ2v) is 5.58. The number of carbonyl (C=O) groups is 1. The molecular weight excluding hydrogens is 264 g/mol. The number of methoxy groups -OCH3 is 1. The molecule has 0 aliphatic heterocycles. The molecule has 0 spiro atoms. The van der Waals surface area contributed by atoms with E-state index in [0.29, 0.717) is 11.5 Å². The fourth-order valence-electron chi connectivity index (χ4n) is 2.21. The van der Waals surface area contributed by atoms with Gasteiger partial charge in [0.25, 0.3) is 0 Å². The van der Waals surface area contributed by atoms with E-state index in [-0.39, 0.29) is 12.0 Å². The largest absolute Gasteiger partial charge is 0.465 e. The molecule has 4 heteroatoms. The van der Waals surface area contributed by atoms with Crippen LogP contribution in [-0.2, 0) is 11.3 Å². The molecule has 1 aromatic heterocycles. The minimum atomic E-state index is -0.312. The van der Waals surface area contributed by atoms with E-state index in [2.05, 4.69) is 35.4 Å². The predicted octanol–water partition coefficient (Wildman–Crippen LogP) is 2.98. The predicted molar refractivity (Wildman–Crippen MR) is 83.1 cm³/mol. The molecule has 1 aromatic carbocycles. The minimum Gasteiger partial charge on any atom is -0.465 e. The van der Waals surface area contributed by atoms with Gasteiger partial charge in [-0.2, -0.15) is 0 Å².